The summed E-state index contributed by atoms with van der Waals surface area (Å²) in [7, 11) is 0. The Kier molecular flexibility index (Phi) is 9.23. The van der Waals surface area contributed by atoms with Crippen LogP contribution in [0.25, 0.3) is 0 Å². The average Bonchev–Trinajstić information content (AvgIpc) is 2.94. The van der Waals surface area contributed by atoms with Crippen molar-refractivity contribution in [1.82, 2.24) is 10.2 Å². The van der Waals surface area contributed by atoms with E-state index in [1.54, 1.807) is 65.8 Å². The number of alkyl carbamates (subject to hydrolysis) is 1. The Labute approximate surface area is 252 Å². The maximum Gasteiger partial charge on any atom is 0.408 e. The molecule has 0 spiro atoms. The molecule has 0 bridgehead atoms. The van der Waals surface area contributed by atoms with Crippen LogP contribution in [-0.4, -0.2) is 52.6 Å². The van der Waals surface area contributed by atoms with Crippen molar-refractivity contribution in [2.75, 3.05) is 6.54 Å². The molecule has 0 aromatic heterocycles. The van der Waals surface area contributed by atoms with Gasteiger partial charge in [-0.1, -0.05) is 72.8 Å². The van der Waals surface area contributed by atoms with Crippen LogP contribution in [0.1, 0.15) is 80.7 Å². The summed E-state index contributed by atoms with van der Waals surface area (Å²) in [6.07, 6.45) is -1.45. The highest BCUT2D eigenvalue weighted by Crippen LogP contribution is 2.33. The van der Waals surface area contributed by atoms with Gasteiger partial charge in [0.25, 0.3) is 0 Å². The van der Waals surface area contributed by atoms with E-state index in [0.717, 1.165) is 11.1 Å². The predicted octanol–water partition coefficient (Wildman–Crippen LogP) is 5.75. The van der Waals surface area contributed by atoms with E-state index in [2.05, 4.69) is 5.32 Å². The standard InChI is InChI=1S/C34H38N2O7/c1-33(2,3)42-30(38)25-19-17-22(18-20-25)27(36-21-26(29(36)37)35-32(40)43-34(4,5)6)31(39)41-28(23-13-9-7-10-14-23)24-15-11-8-12-16-24/h7-20,26-28H,21H2,1-6H3,(H,35,40)/t26-,27?/m0/s1. The second-order valence-electron chi connectivity index (χ2n) is 12.4. The van der Waals surface area contributed by atoms with Gasteiger partial charge in [0, 0.05) is 0 Å². The Morgan fingerprint density at radius 1 is 0.744 bits per heavy atom. The molecule has 1 unspecified atom stereocenters. The normalized spacial score (nSPS) is 15.7. The monoisotopic (exact) mass is 586 g/mol. The number of rotatable bonds is 8. The number of carbonyl (C=O) groups excluding carboxylic acids is 4. The SMILES string of the molecule is CC(C)(C)OC(=O)N[C@H]1CN(C(C(=O)OC(c2ccccc2)c2ccccc2)c2ccc(C(=O)OC(C)(C)C)cc2)C1=O. The second-order valence-corrected chi connectivity index (χ2v) is 12.4. The molecule has 9 heteroatoms. The number of carbonyl (C=O) groups is 4. The summed E-state index contributed by atoms with van der Waals surface area (Å²) >= 11 is 0. The number of amides is 2. The first-order chi connectivity index (χ1) is 20.2. The van der Waals surface area contributed by atoms with E-state index in [0.29, 0.717) is 11.1 Å². The Bertz CT molecular complexity index is 1400. The first-order valence-electron chi connectivity index (χ1n) is 14.2. The summed E-state index contributed by atoms with van der Waals surface area (Å²) in [6.45, 7) is 10.6. The van der Waals surface area contributed by atoms with E-state index in [1.165, 1.54) is 4.90 Å². The molecule has 43 heavy (non-hydrogen) atoms. The number of β-lactam (4-membered cyclic amide) rings is 1. The van der Waals surface area contributed by atoms with Crippen LogP contribution in [0.15, 0.2) is 84.9 Å². The zero-order chi connectivity index (χ0) is 31.4. The molecule has 226 valence electrons. The molecule has 0 saturated carbocycles. The summed E-state index contributed by atoms with van der Waals surface area (Å²) < 4.78 is 16.9. The van der Waals surface area contributed by atoms with E-state index in [1.807, 2.05) is 60.7 Å². The van der Waals surface area contributed by atoms with Crippen LogP contribution in [0, 0.1) is 0 Å². The molecule has 1 heterocycles. The van der Waals surface area contributed by atoms with Gasteiger partial charge in [-0.3, -0.25) is 4.79 Å². The lowest BCUT2D eigenvalue weighted by atomic mass is 9.96. The van der Waals surface area contributed by atoms with Crippen molar-refractivity contribution in [1.29, 1.82) is 0 Å². The molecule has 2 amide bonds. The van der Waals surface area contributed by atoms with Gasteiger partial charge >= 0.3 is 18.0 Å². The quantitative estimate of drug-likeness (QED) is 0.203. The molecule has 0 radical (unpaired) electrons. The van der Waals surface area contributed by atoms with Crippen LogP contribution < -0.4 is 5.32 Å². The number of ether oxygens (including phenoxy) is 3. The lowest BCUT2D eigenvalue weighted by Gasteiger charge is -2.43. The number of benzene rings is 3. The highest BCUT2D eigenvalue weighted by Gasteiger charge is 2.46. The van der Waals surface area contributed by atoms with E-state index < -0.39 is 53.3 Å². The number of hydrogen-bond acceptors (Lipinski definition) is 7. The minimum Gasteiger partial charge on any atom is -0.456 e. The molecular formula is C34H38N2O7. The molecular weight excluding hydrogens is 548 g/mol. The lowest BCUT2D eigenvalue weighted by molar-refractivity contribution is -0.165. The molecule has 1 fully saturated rings. The molecule has 3 aromatic rings. The van der Waals surface area contributed by atoms with Gasteiger partial charge < -0.3 is 24.4 Å². The maximum atomic E-state index is 14.0. The van der Waals surface area contributed by atoms with Gasteiger partial charge in [-0.25, -0.2) is 14.4 Å². The Morgan fingerprint density at radius 3 is 1.72 bits per heavy atom. The molecule has 1 aliphatic heterocycles. The third-order valence-corrected chi connectivity index (χ3v) is 6.49. The molecule has 1 saturated heterocycles. The van der Waals surface area contributed by atoms with Crippen LogP contribution in [-0.2, 0) is 23.8 Å². The summed E-state index contributed by atoms with van der Waals surface area (Å²) in [4.78, 5) is 53.6. The van der Waals surface area contributed by atoms with Crippen molar-refractivity contribution in [3.8, 4) is 0 Å². The predicted molar refractivity (Wildman–Crippen MR) is 160 cm³/mol. The summed E-state index contributed by atoms with van der Waals surface area (Å²) in [5.74, 6) is -1.63. The van der Waals surface area contributed by atoms with E-state index in [4.69, 9.17) is 14.2 Å². The molecule has 3 aromatic carbocycles. The van der Waals surface area contributed by atoms with Crippen molar-refractivity contribution in [3.63, 3.8) is 0 Å². The fourth-order valence-electron chi connectivity index (χ4n) is 4.59. The Morgan fingerprint density at radius 2 is 1.26 bits per heavy atom. The van der Waals surface area contributed by atoms with Crippen molar-refractivity contribution in [2.24, 2.45) is 0 Å². The fraction of sp³-hybridized carbons (Fsp3) is 0.353. The number of likely N-dealkylation sites (tertiary alicyclic amines) is 1. The van der Waals surface area contributed by atoms with Crippen molar-refractivity contribution >= 4 is 23.9 Å². The zero-order valence-corrected chi connectivity index (χ0v) is 25.3. The number of nitrogens with zero attached hydrogens (tertiary/aromatic N) is 1. The van der Waals surface area contributed by atoms with Gasteiger partial charge in [0.2, 0.25) is 5.91 Å². The zero-order valence-electron chi connectivity index (χ0n) is 25.3. The molecule has 1 aliphatic rings. The Hall–Kier alpha value is -4.66. The van der Waals surface area contributed by atoms with Crippen LogP contribution in [0.3, 0.4) is 0 Å². The number of esters is 2. The molecule has 0 aliphatic carbocycles. The fourth-order valence-corrected chi connectivity index (χ4v) is 4.59. The van der Waals surface area contributed by atoms with Gasteiger partial charge in [-0.2, -0.15) is 0 Å². The van der Waals surface area contributed by atoms with Crippen LogP contribution in [0.2, 0.25) is 0 Å². The third-order valence-electron chi connectivity index (χ3n) is 6.49. The highest BCUT2D eigenvalue weighted by atomic mass is 16.6. The number of nitrogens with one attached hydrogen (secondary N) is 1. The minimum absolute atomic E-state index is 0.0625. The van der Waals surface area contributed by atoms with Gasteiger partial charge in [-0.15, -0.1) is 0 Å². The highest BCUT2D eigenvalue weighted by molar-refractivity contribution is 5.95. The van der Waals surface area contributed by atoms with E-state index >= 15 is 0 Å². The molecule has 2 atom stereocenters. The van der Waals surface area contributed by atoms with E-state index in [-0.39, 0.29) is 6.54 Å². The van der Waals surface area contributed by atoms with E-state index in [9.17, 15) is 19.2 Å². The van der Waals surface area contributed by atoms with Crippen LogP contribution in [0.4, 0.5) is 4.79 Å². The largest absolute Gasteiger partial charge is 0.456 e. The van der Waals surface area contributed by atoms with Gasteiger partial charge in [0.05, 0.1) is 12.1 Å². The molecule has 4 rings (SSSR count). The summed E-state index contributed by atoms with van der Waals surface area (Å²) in [5.41, 5.74) is 0.869. The lowest BCUT2D eigenvalue weighted by Crippen LogP contribution is -2.65. The molecule has 1 N–H and O–H groups in total. The first-order valence-corrected chi connectivity index (χ1v) is 14.2. The summed E-state index contributed by atoms with van der Waals surface area (Å²) in [6, 6.07) is 23.0. The van der Waals surface area contributed by atoms with Crippen molar-refractivity contribution in [2.45, 2.75) is 70.9 Å². The van der Waals surface area contributed by atoms with Gasteiger partial charge in [0.15, 0.2) is 12.1 Å². The van der Waals surface area contributed by atoms with Crippen molar-refractivity contribution in [3.05, 3.63) is 107 Å². The summed E-state index contributed by atoms with van der Waals surface area (Å²) in [5, 5.41) is 2.57. The Balaban J connectivity index is 1.62. The van der Waals surface area contributed by atoms with Gasteiger partial charge in [-0.05, 0) is 70.4 Å². The third kappa shape index (κ3) is 8.22. The van der Waals surface area contributed by atoms with Crippen LogP contribution >= 0.6 is 0 Å². The molecule has 9 nitrogen and oxygen atoms in total. The maximum absolute atomic E-state index is 14.0. The van der Waals surface area contributed by atoms with Crippen molar-refractivity contribution < 1.29 is 33.4 Å². The van der Waals surface area contributed by atoms with Crippen LogP contribution in [0.5, 0.6) is 0 Å². The van der Waals surface area contributed by atoms with Gasteiger partial charge in [0.1, 0.15) is 17.2 Å². The smallest absolute Gasteiger partial charge is 0.408 e. The second kappa shape index (κ2) is 12.7. The topological polar surface area (TPSA) is 111 Å². The average molecular weight is 587 g/mol. The number of hydrogen-bond donors (Lipinski definition) is 1. The minimum atomic E-state index is -1.13. The first kappa shape index (κ1) is 31.3.